The van der Waals surface area contributed by atoms with Crippen molar-refractivity contribution in [3.8, 4) is 16.3 Å². The van der Waals surface area contributed by atoms with Gasteiger partial charge in [0.1, 0.15) is 28.9 Å². The second-order valence-corrected chi connectivity index (χ2v) is 18.1. The molecule has 0 atom stereocenters. The van der Waals surface area contributed by atoms with Crippen LogP contribution in [0, 0.1) is 0 Å². The summed E-state index contributed by atoms with van der Waals surface area (Å²) in [6.07, 6.45) is 4.94. The van der Waals surface area contributed by atoms with Crippen LogP contribution in [0.1, 0.15) is 25.3 Å². The molecule has 48 heavy (non-hydrogen) atoms. The number of piperazine rings is 1. The van der Waals surface area contributed by atoms with Crippen LogP contribution in [0.15, 0.2) is 46.4 Å². The van der Waals surface area contributed by atoms with Crippen molar-refractivity contribution in [1.82, 2.24) is 24.8 Å². The number of thiazole rings is 1. The van der Waals surface area contributed by atoms with Crippen molar-refractivity contribution in [2.45, 2.75) is 32.2 Å². The summed E-state index contributed by atoms with van der Waals surface area (Å²) in [5.74, 6) is 1.69. The molecule has 0 saturated carbocycles. The molecule has 0 bridgehead atoms. The van der Waals surface area contributed by atoms with E-state index in [9.17, 15) is 4.57 Å². The lowest BCUT2D eigenvalue weighted by Crippen LogP contribution is -2.52. The van der Waals surface area contributed by atoms with E-state index in [0.717, 1.165) is 54.6 Å². The molecule has 2 aromatic carbocycles. The maximum atomic E-state index is 13.4. The number of methoxy groups -OCH3 is 1. The Morgan fingerprint density at radius 2 is 1.79 bits per heavy atom. The molecule has 4 aromatic rings. The van der Waals surface area contributed by atoms with Crippen LogP contribution in [0.4, 0.5) is 28.8 Å². The second kappa shape index (κ2) is 15.0. The minimum absolute atomic E-state index is 0.411. The van der Waals surface area contributed by atoms with Crippen molar-refractivity contribution in [2.24, 2.45) is 0 Å². The number of hydrogen-bond donors (Lipinski definition) is 2. The maximum Gasteiger partial charge on any atom is 0.229 e. The molecule has 2 aliphatic rings. The third-order valence-corrected chi connectivity index (χ3v) is 12.5. The highest BCUT2D eigenvalue weighted by molar-refractivity contribution is 9.10. The maximum absolute atomic E-state index is 13.4. The quantitative estimate of drug-likeness (QED) is 0.157. The van der Waals surface area contributed by atoms with Crippen LogP contribution in [0.2, 0.25) is 5.15 Å². The van der Waals surface area contributed by atoms with E-state index >= 15 is 0 Å². The molecule has 256 valence electrons. The number of anilines is 5. The lowest BCUT2D eigenvalue weighted by Gasteiger charge is -2.43. The number of ether oxygens (including phenoxy) is 1. The molecule has 2 N–H and O–H groups in total. The zero-order chi connectivity index (χ0) is 34.0. The lowest BCUT2D eigenvalue weighted by atomic mass is 9.99. The molecule has 2 saturated heterocycles. The molecule has 2 fully saturated rings. The van der Waals surface area contributed by atoms with E-state index in [1.165, 1.54) is 48.5 Å². The van der Waals surface area contributed by atoms with Crippen LogP contribution in [0.3, 0.4) is 0 Å². The van der Waals surface area contributed by atoms with Gasteiger partial charge in [-0.1, -0.05) is 18.5 Å². The van der Waals surface area contributed by atoms with Crippen LogP contribution in [0.25, 0.3) is 10.6 Å². The van der Waals surface area contributed by atoms with Gasteiger partial charge in [0, 0.05) is 79.5 Å². The molecule has 6 rings (SSSR count). The van der Waals surface area contributed by atoms with Gasteiger partial charge in [0.25, 0.3) is 0 Å². The summed E-state index contributed by atoms with van der Waals surface area (Å²) in [6.45, 7) is 12.4. The standard InChI is InChI=1S/C34H43BrClN8O2PS/c1-6-22-17-27(29(46-3)19-28(22)44-11-9-24(10-12-44)43-15-13-42(2)14-16-43)39-34-37-20-25(35)32(41-34)38-26-8-7-23(18-30(26)47(4,5)45)33-40-31(36)21-48-33/h7-8,17-21,24H,6,9-16H2,1-5H3,(H2,37,38,39,41). The number of nitrogens with zero attached hydrogens (tertiary/aromatic N) is 6. The van der Waals surface area contributed by atoms with E-state index in [1.807, 2.05) is 18.2 Å². The van der Waals surface area contributed by atoms with Gasteiger partial charge >= 0.3 is 0 Å². The first-order valence-corrected chi connectivity index (χ1v) is 20.9. The van der Waals surface area contributed by atoms with Crippen LogP contribution in [0.5, 0.6) is 5.75 Å². The molecule has 0 amide bonds. The first-order chi connectivity index (χ1) is 23.0. The van der Waals surface area contributed by atoms with Gasteiger partial charge in [0.15, 0.2) is 0 Å². The SMILES string of the molecule is CCc1cc(Nc2ncc(Br)c(Nc3ccc(-c4nc(Cl)cs4)cc3P(C)(C)=O)n2)c(OC)cc1N1CCC(N2CCN(C)CC2)CC1. The largest absolute Gasteiger partial charge is 0.494 e. The van der Waals surface area contributed by atoms with Crippen molar-refractivity contribution >= 4 is 80.1 Å². The van der Waals surface area contributed by atoms with Gasteiger partial charge in [-0.05, 0) is 85.4 Å². The Labute approximate surface area is 300 Å². The smallest absolute Gasteiger partial charge is 0.229 e. The first-order valence-electron chi connectivity index (χ1n) is 16.3. The molecule has 0 aliphatic carbocycles. The van der Waals surface area contributed by atoms with E-state index < -0.39 is 7.14 Å². The van der Waals surface area contributed by atoms with Gasteiger partial charge in [-0.2, -0.15) is 4.98 Å². The number of likely N-dealkylation sites (N-methyl/N-ethyl adjacent to an activating group) is 1. The molecule has 2 aliphatic heterocycles. The third-order valence-electron chi connectivity index (χ3n) is 9.19. The molecule has 0 spiro atoms. The summed E-state index contributed by atoms with van der Waals surface area (Å²) in [5, 5.41) is 10.5. The number of piperidine rings is 1. The van der Waals surface area contributed by atoms with Gasteiger partial charge in [-0.3, -0.25) is 4.90 Å². The van der Waals surface area contributed by atoms with E-state index in [-0.39, 0.29) is 0 Å². The Morgan fingerprint density at radius 1 is 1.04 bits per heavy atom. The lowest BCUT2D eigenvalue weighted by molar-refractivity contribution is 0.0982. The summed E-state index contributed by atoms with van der Waals surface area (Å²) in [5.41, 5.74) is 4.85. The summed E-state index contributed by atoms with van der Waals surface area (Å²) >= 11 is 11.1. The molecule has 10 nitrogen and oxygen atoms in total. The number of aromatic nitrogens is 3. The number of hydrogen-bond acceptors (Lipinski definition) is 11. The van der Waals surface area contributed by atoms with Gasteiger partial charge in [-0.25, -0.2) is 9.97 Å². The predicted octanol–water partition coefficient (Wildman–Crippen LogP) is 7.54. The van der Waals surface area contributed by atoms with Crippen molar-refractivity contribution in [1.29, 1.82) is 0 Å². The molecule has 0 unspecified atom stereocenters. The third kappa shape index (κ3) is 8.01. The van der Waals surface area contributed by atoms with Crippen LogP contribution < -0.4 is 25.6 Å². The molecule has 4 heterocycles. The fraction of sp³-hybridized carbons (Fsp3) is 0.441. The van der Waals surface area contributed by atoms with Gasteiger partial charge < -0.3 is 29.7 Å². The molecule has 2 aromatic heterocycles. The van der Waals surface area contributed by atoms with Crippen LogP contribution in [-0.2, 0) is 11.0 Å². The van der Waals surface area contributed by atoms with Crippen molar-refractivity contribution in [3.63, 3.8) is 0 Å². The fourth-order valence-electron chi connectivity index (χ4n) is 6.48. The Morgan fingerprint density at radius 3 is 2.44 bits per heavy atom. The number of rotatable bonds is 10. The second-order valence-electron chi connectivity index (χ2n) is 12.8. The fourth-order valence-corrected chi connectivity index (χ4v) is 8.88. The Bertz CT molecular complexity index is 1800. The van der Waals surface area contributed by atoms with E-state index in [1.54, 1.807) is 32.0 Å². The summed E-state index contributed by atoms with van der Waals surface area (Å²) < 4.78 is 20.0. The summed E-state index contributed by atoms with van der Waals surface area (Å²) in [4.78, 5) is 21.4. The van der Waals surface area contributed by atoms with Crippen LogP contribution in [-0.4, -0.2) is 97.5 Å². The number of nitrogens with one attached hydrogen (secondary N) is 2. The minimum Gasteiger partial charge on any atom is -0.494 e. The highest BCUT2D eigenvalue weighted by atomic mass is 79.9. The highest BCUT2D eigenvalue weighted by Crippen LogP contribution is 2.41. The topological polar surface area (TPSA) is 98.7 Å². The first kappa shape index (κ1) is 35.1. The van der Waals surface area contributed by atoms with Gasteiger partial charge in [-0.15, -0.1) is 11.3 Å². The average Bonchev–Trinajstić information content (AvgIpc) is 3.52. The molecule has 14 heteroatoms. The average molecular weight is 774 g/mol. The van der Waals surface area contributed by atoms with Gasteiger partial charge in [0.2, 0.25) is 5.95 Å². The zero-order valence-electron chi connectivity index (χ0n) is 28.1. The Balaban J connectivity index is 1.21. The number of halogens is 2. The predicted molar refractivity (Wildman–Crippen MR) is 205 cm³/mol. The van der Waals surface area contributed by atoms with E-state index in [0.29, 0.717) is 38.4 Å². The highest BCUT2D eigenvalue weighted by Gasteiger charge is 2.28. The number of benzene rings is 2. The Kier molecular flexibility index (Phi) is 11.0. The van der Waals surface area contributed by atoms with Crippen LogP contribution >= 0.6 is 46.0 Å². The normalized spacial score (nSPS) is 16.7. The van der Waals surface area contributed by atoms with Crippen molar-refractivity contribution in [2.75, 3.05) is 82.3 Å². The molecular weight excluding hydrogens is 731 g/mol. The number of aryl methyl sites for hydroxylation is 1. The summed E-state index contributed by atoms with van der Waals surface area (Å²) in [7, 11) is 1.23. The Hall–Kier alpha value is -2.73. The minimum atomic E-state index is -2.68. The van der Waals surface area contributed by atoms with Crippen molar-refractivity contribution < 1.29 is 9.30 Å². The monoisotopic (exact) mass is 772 g/mol. The van der Waals surface area contributed by atoms with Crippen molar-refractivity contribution in [3.05, 3.63) is 57.1 Å². The molecule has 0 radical (unpaired) electrons. The summed E-state index contributed by atoms with van der Waals surface area (Å²) in [6, 6.07) is 10.7. The van der Waals surface area contributed by atoms with E-state index in [4.69, 9.17) is 21.3 Å². The zero-order valence-corrected chi connectivity index (χ0v) is 32.1. The molecular formula is C34H43BrClN8O2PS. The van der Waals surface area contributed by atoms with E-state index in [2.05, 4.69) is 77.3 Å². The van der Waals surface area contributed by atoms with Gasteiger partial charge in [0.05, 0.1) is 23.0 Å².